The van der Waals surface area contributed by atoms with Gasteiger partial charge in [-0.1, -0.05) is 13.8 Å². The van der Waals surface area contributed by atoms with E-state index in [9.17, 15) is 0 Å². The van der Waals surface area contributed by atoms with Gasteiger partial charge in [0, 0.05) is 26.4 Å². The van der Waals surface area contributed by atoms with Crippen molar-refractivity contribution in [2.45, 2.75) is 42.6 Å². The molecule has 4 heteroatoms. The Bertz CT molecular complexity index is 350. The minimum absolute atomic E-state index is 0.215. The minimum atomic E-state index is 0.215. The van der Waals surface area contributed by atoms with Crippen LogP contribution in [0.4, 0.5) is 0 Å². The van der Waals surface area contributed by atoms with Crippen molar-refractivity contribution in [1.82, 2.24) is 0 Å². The van der Waals surface area contributed by atoms with Crippen LogP contribution in [-0.4, -0.2) is 21.5 Å². The molecule has 4 unspecified atom stereocenters. The summed E-state index contributed by atoms with van der Waals surface area (Å²) >= 11 is 5.95. The Kier molecular flexibility index (Phi) is 4.27. The summed E-state index contributed by atoms with van der Waals surface area (Å²) in [4.78, 5) is 1.37. The van der Waals surface area contributed by atoms with Crippen LogP contribution in [0.15, 0.2) is 11.4 Å². The molecular weight excluding hydrogens is 254 g/mol. The minimum Gasteiger partial charge on any atom is -0.322 e. The van der Waals surface area contributed by atoms with E-state index in [1.165, 1.54) is 16.2 Å². The third kappa shape index (κ3) is 2.61. The van der Waals surface area contributed by atoms with E-state index in [0.717, 1.165) is 10.5 Å². The van der Waals surface area contributed by atoms with E-state index in [2.05, 4.69) is 55.7 Å². The Balaban J connectivity index is 2.06. The highest BCUT2D eigenvalue weighted by Crippen LogP contribution is 2.41. The molecule has 0 bridgehead atoms. The largest absolute Gasteiger partial charge is 0.322 e. The van der Waals surface area contributed by atoms with Gasteiger partial charge in [-0.25, -0.2) is 0 Å². The van der Waals surface area contributed by atoms with Crippen molar-refractivity contribution in [3.8, 4) is 0 Å². The van der Waals surface area contributed by atoms with Crippen LogP contribution in [0.1, 0.15) is 30.3 Å². The van der Waals surface area contributed by atoms with Gasteiger partial charge in [0.15, 0.2) is 0 Å². The van der Waals surface area contributed by atoms with E-state index in [4.69, 9.17) is 5.73 Å². The molecule has 1 aromatic heterocycles. The first-order valence-electron chi connectivity index (χ1n) is 5.66. The predicted octanol–water partition coefficient (Wildman–Crippen LogP) is 3.68. The van der Waals surface area contributed by atoms with E-state index in [1.54, 1.807) is 11.3 Å². The van der Waals surface area contributed by atoms with Crippen LogP contribution in [0.5, 0.6) is 0 Å². The van der Waals surface area contributed by atoms with Gasteiger partial charge in [-0.3, -0.25) is 0 Å². The van der Waals surface area contributed by atoms with E-state index in [1.807, 2.05) is 0 Å². The quantitative estimate of drug-likeness (QED) is 0.890. The topological polar surface area (TPSA) is 26.0 Å². The van der Waals surface area contributed by atoms with Crippen LogP contribution in [0.3, 0.4) is 0 Å². The van der Waals surface area contributed by atoms with Gasteiger partial charge in [0.2, 0.25) is 0 Å². The highest BCUT2D eigenvalue weighted by atomic mass is 32.2. The molecule has 1 saturated heterocycles. The first kappa shape index (κ1) is 12.8. The second-order valence-corrected chi connectivity index (χ2v) is 8.39. The molecule has 4 atom stereocenters. The smallest absolute Gasteiger partial charge is 0.0521 e. The fourth-order valence-electron chi connectivity index (χ4n) is 1.89. The van der Waals surface area contributed by atoms with Crippen molar-refractivity contribution in [3.63, 3.8) is 0 Å². The summed E-state index contributed by atoms with van der Waals surface area (Å²) in [6.45, 7) is 6.81. The third-order valence-corrected chi connectivity index (χ3v) is 7.82. The zero-order valence-corrected chi connectivity index (χ0v) is 12.4. The summed E-state index contributed by atoms with van der Waals surface area (Å²) in [6.07, 6.45) is 0. The first-order valence-corrected chi connectivity index (χ1v) is 8.53. The number of thiophene rings is 1. The van der Waals surface area contributed by atoms with Gasteiger partial charge in [0.25, 0.3) is 0 Å². The second kappa shape index (κ2) is 5.34. The Morgan fingerprint density at radius 1 is 1.38 bits per heavy atom. The van der Waals surface area contributed by atoms with Crippen LogP contribution in [0, 0.1) is 6.92 Å². The molecule has 2 heterocycles. The molecule has 0 aliphatic carbocycles. The number of aryl methyl sites for hydroxylation is 1. The number of hydrogen-bond acceptors (Lipinski definition) is 4. The van der Waals surface area contributed by atoms with Crippen molar-refractivity contribution in [3.05, 3.63) is 21.9 Å². The fraction of sp³-hybridized carbons (Fsp3) is 0.667. The second-order valence-electron chi connectivity index (χ2n) is 4.41. The number of thioether (sulfide) groups is 2. The van der Waals surface area contributed by atoms with Crippen molar-refractivity contribution >= 4 is 34.9 Å². The molecule has 2 N–H and O–H groups in total. The predicted molar refractivity (Wildman–Crippen MR) is 78.7 cm³/mol. The lowest BCUT2D eigenvalue weighted by Gasteiger charge is -2.34. The van der Waals surface area contributed by atoms with Gasteiger partial charge >= 0.3 is 0 Å². The molecule has 1 fully saturated rings. The van der Waals surface area contributed by atoms with Gasteiger partial charge in [-0.05, 0) is 23.9 Å². The molecule has 1 aromatic rings. The van der Waals surface area contributed by atoms with Crippen molar-refractivity contribution < 1.29 is 0 Å². The van der Waals surface area contributed by atoms with Gasteiger partial charge in [-0.2, -0.15) is 23.5 Å². The Morgan fingerprint density at radius 2 is 2.12 bits per heavy atom. The molecule has 0 amide bonds. The zero-order chi connectivity index (χ0) is 11.7. The van der Waals surface area contributed by atoms with Gasteiger partial charge in [0.05, 0.1) is 6.04 Å². The van der Waals surface area contributed by atoms with Crippen LogP contribution in [0.2, 0.25) is 0 Å². The summed E-state index contributed by atoms with van der Waals surface area (Å²) in [5.41, 5.74) is 7.75. The SMILES string of the molecule is Cc1ccsc1C(N)C1CSC(C)C(C)S1. The molecule has 1 aliphatic rings. The summed E-state index contributed by atoms with van der Waals surface area (Å²) in [5, 5.41) is 4.21. The molecule has 0 spiro atoms. The number of nitrogens with two attached hydrogens (primary N) is 1. The molecule has 0 radical (unpaired) electrons. The van der Waals surface area contributed by atoms with E-state index < -0.39 is 0 Å². The highest BCUT2D eigenvalue weighted by molar-refractivity contribution is 8.07. The summed E-state index contributed by atoms with van der Waals surface area (Å²) in [6, 6.07) is 2.39. The summed E-state index contributed by atoms with van der Waals surface area (Å²) in [5.74, 6) is 1.19. The van der Waals surface area contributed by atoms with Crippen molar-refractivity contribution in [1.29, 1.82) is 0 Å². The fourth-order valence-corrected chi connectivity index (χ4v) is 6.00. The summed E-state index contributed by atoms with van der Waals surface area (Å²) in [7, 11) is 0. The van der Waals surface area contributed by atoms with E-state index in [0.29, 0.717) is 5.25 Å². The Hall–Kier alpha value is 0.360. The summed E-state index contributed by atoms with van der Waals surface area (Å²) < 4.78 is 0. The monoisotopic (exact) mass is 273 g/mol. The van der Waals surface area contributed by atoms with Crippen LogP contribution >= 0.6 is 34.9 Å². The molecule has 0 saturated carbocycles. The molecular formula is C12H19NS3. The average molecular weight is 273 g/mol. The molecule has 0 aromatic carbocycles. The average Bonchev–Trinajstić information content (AvgIpc) is 2.67. The molecule has 90 valence electrons. The Labute approximate surface area is 111 Å². The first-order chi connectivity index (χ1) is 7.59. The van der Waals surface area contributed by atoms with E-state index in [-0.39, 0.29) is 6.04 Å². The molecule has 2 rings (SSSR count). The maximum atomic E-state index is 6.40. The molecule has 16 heavy (non-hydrogen) atoms. The maximum absolute atomic E-state index is 6.40. The molecule has 1 aliphatic heterocycles. The Morgan fingerprint density at radius 3 is 2.69 bits per heavy atom. The van der Waals surface area contributed by atoms with Gasteiger partial charge < -0.3 is 5.73 Å². The van der Waals surface area contributed by atoms with Crippen LogP contribution in [0.25, 0.3) is 0 Å². The lowest BCUT2D eigenvalue weighted by Crippen LogP contribution is -2.33. The standard InChI is InChI=1S/C12H19NS3/c1-7-4-5-14-12(7)11(13)10-6-15-8(2)9(3)16-10/h4-5,8-11H,6,13H2,1-3H3. The lowest BCUT2D eigenvalue weighted by atomic mass is 10.1. The van der Waals surface area contributed by atoms with Gasteiger partial charge in [0.1, 0.15) is 0 Å². The van der Waals surface area contributed by atoms with E-state index >= 15 is 0 Å². The van der Waals surface area contributed by atoms with Gasteiger partial charge in [-0.15, -0.1) is 11.3 Å². The van der Waals surface area contributed by atoms with Crippen LogP contribution < -0.4 is 5.73 Å². The third-order valence-electron chi connectivity index (χ3n) is 3.18. The highest BCUT2D eigenvalue weighted by Gasteiger charge is 2.31. The maximum Gasteiger partial charge on any atom is 0.0521 e. The zero-order valence-electron chi connectivity index (χ0n) is 9.97. The van der Waals surface area contributed by atoms with Crippen molar-refractivity contribution in [2.75, 3.05) is 5.75 Å². The lowest BCUT2D eigenvalue weighted by molar-refractivity contribution is 0.716. The normalized spacial score (nSPS) is 32.6. The van der Waals surface area contributed by atoms with Crippen molar-refractivity contribution in [2.24, 2.45) is 5.73 Å². The number of rotatable bonds is 2. The van der Waals surface area contributed by atoms with Crippen LogP contribution in [-0.2, 0) is 0 Å². The molecule has 1 nitrogen and oxygen atoms in total. The number of hydrogen-bond donors (Lipinski definition) is 1.